The molecule has 20 heavy (non-hydrogen) atoms. The maximum Gasteiger partial charge on any atom is 0.257 e. The summed E-state index contributed by atoms with van der Waals surface area (Å²) in [4.78, 5) is 20.2. The molecule has 0 spiro atoms. The molecule has 3 aromatic rings. The van der Waals surface area contributed by atoms with Crippen LogP contribution in [0, 0.1) is 6.92 Å². The van der Waals surface area contributed by atoms with Gasteiger partial charge in [0.1, 0.15) is 5.52 Å². The number of oxazole rings is 1. The zero-order valence-corrected chi connectivity index (χ0v) is 12.1. The Kier molecular flexibility index (Phi) is 3.23. The number of nitrogens with one attached hydrogen (secondary N) is 1. The molecule has 0 aliphatic rings. The molecule has 0 atom stereocenters. The van der Waals surface area contributed by atoms with Crippen molar-refractivity contribution in [1.82, 2.24) is 9.97 Å². The van der Waals surface area contributed by atoms with E-state index < -0.39 is 0 Å². The third-order valence-corrected chi connectivity index (χ3v) is 3.56. The van der Waals surface area contributed by atoms with E-state index in [0.29, 0.717) is 27.2 Å². The number of anilines is 1. The molecule has 2 heterocycles. The minimum atomic E-state index is -0.227. The summed E-state index contributed by atoms with van der Waals surface area (Å²) in [6.45, 7) is 1.78. The predicted octanol–water partition coefficient (Wildman–Crippen LogP) is 3.55. The molecule has 0 fully saturated rings. The van der Waals surface area contributed by atoms with E-state index in [4.69, 9.17) is 4.42 Å². The van der Waals surface area contributed by atoms with E-state index >= 15 is 0 Å². The van der Waals surface area contributed by atoms with E-state index in [1.165, 1.54) is 6.20 Å². The summed E-state index contributed by atoms with van der Waals surface area (Å²) in [6, 6.07) is 7.00. The van der Waals surface area contributed by atoms with Crippen molar-refractivity contribution in [3.05, 3.63) is 52.6 Å². The van der Waals surface area contributed by atoms with Crippen LogP contribution in [0.3, 0.4) is 0 Å². The Morgan fingerprint density at radius 3 is 2.95 bits per heavy atom. The highest BCUT2D eigenvalue weighted by molar-refractivity contribution is 9.10. The fourth-order valence-electron chi connectivity index (χ4n) is 1.86. The molecular weight excluding hydrogens is 322 g/mol. The van der Waals surface area contributed by atoms with E-state index in [2.05, 4.69) is 31.2 Å². The molecule has 5 nitrogen and oxygen atoms in total. The first-order chi connectivity index (χ1) is 9.65. The van der Waals surface area contributed by atoms with Gasteiger partial charge >= 0.3 is 0 Å². The molecule has 0 aliphatic heterocycles. The average molecular weight is 332 g/mol. The molecule has 0 saturated heterocycles. The van der Waals surface area contributed by atoms with E-state index in [1.54, 1.807) is 37.4 Å². The molecule has 0 bridgehead atoms. The van der Waals surface area contributed by atoms with Crippen LogP contribution in [0.25, 0.3) is 11.1 Å². The second kappa shape index (κ2) is 5.05. The summed E-state index contributed by atoms with van der Waals surface area (Å²) >= 11 is 3.43. The zero-order valence-electron chi connectivity index (χ0n) is 10.6. The van der Waals surface area contributed by atoms with Gasteiger partial charge in [-0.05, 0) is 40.2 Å². The Labute approximate surface area is 123 Å². The van der Waals surface area contributed by atoms with Crippen molar-refractivity contribution in [3.8, 4) is 0 Å². The summed E-state index contributed by atoms with van der Waals surface area (Å²) in [6.07, 6.45) is 3.14. The number of halogens is 1. The number of pyridine rings is 1. The van der Waals surface area contributed by atoms with Crippen molar-refractivity contribution in [1.29, 1.82) is 0 Å². The summed E-state index contributed by atoms with van der Waals surface area (Å²) in [5.74, 6) is 0.353. The van der Waals surface area contributed by atoms with Gasteiger partial charge in [0.15, 0.2) is 11.5 Å². The largest absolute Gasteiger partial charge is 0.440 e. The van der Waals surface area contributed by atoms with Gasteiger partial charge in [0, 0.05) is 19.3 Å². The maximum atomic E-state index is 12.1. The van der Waals surface area contributed by atoms with E-state index in [-0.39, 0.29) is 5.91 Å². The van der Waals surface area contributed by atoms with Crippen LogP contribution in [0.2, 0.25) is 0 Å². The van der Waals surface area contributed by atoms with Gasteiger partial charge in [0.05, 0.1) is 15.7 Å². The molecule has 1 aromatic carbocycles. The fraction of sp³-hybridized carbons (Fsp3) is 0.0714. The van der Waals surface area contributed by atoms with Crippen LogP contribution in [0.4, 0.5) is 5.69 Å². The first-order valence-electron chi connectivity index (χ1n) is 5.92. The smallest absolute Gasteiger partial charge is 0.257 e. The third kappa shape index (κ3) is 2.30. The third-order valence-electron chi connectivity index (χ3n) is 2.78. The van der Waals surface area contributed by atoms with Crippen molar-refractivity contribution in [2.24, 2.45) is 0 Å². The molecule has 100 valence electrons. The lowest BCUT2D eigenvalue weighted by Gasteiger charge is -2.07. The Hall–Kier alpha value is -2.21. The van der Waals surface area contributed by atoms with Crippen molar-refractivity contribution in [3.63, 3.8) is 0 Å². The van der Waals surface area contributed by atoms with E-state index in [1.807, 2.05) is 0 Å². The minimum Gasteiger partial charge on any atom is -0.440 e. The summed E-state index contributed by atoms with van der Waals surface area (Å²) in [5, 5.41) is 2.81. The second-order valence-corrected chi connectivity index (χ2v) is 5.00. The number of aryl methyl sites for hydroxylation is 1. The molecule has 0 saturated carbocycles. The van der Waals surface area contributed by atoms with Crippen molar-refractivity contribution in [2.75, 3.05) is 5.32 Å². The normalized spacial score (nSPS) is 10.7. The van der Waals surface area contributed by atoms with Gasteiger partial charge in [-0.3, -0.25) is 9.78 Å². The van der Waals surface area contributed by atoms with Gasteiger partial charge in [-0.2, -0.15) is 0 Å². The average Bonchev–Trinajstić information content (AvgIpc) is 2.84. The summed E-state index contributed by atoms with van der Waals surface area (Å²) in [5.41, 5.74) is 2.48. The highest BCUT2D eigenvalue weighted by atomic mass is 79.9. The van der Waals surface area contributed by atoms with Crippen molar-refractivity contribution >= 4 is 38.6 Å². The number of fused-ring (bicyclic) bond motifs is 1. The number of nitrogens with zero attached hydrogens (tertiary/aromatic N) is 2. The zero-order chi connectivity index (χ0) is 14.1. The fourth-order valence-corrected chi connectivity index (χ4v) is 2.37. The molecule has 0 aliphatic carbocycles. The number of carbonyl (C=O) groups is 1. The Bertz CT molecular complexity index is 784. The van der Waals surface area contributed by atoms with Crippen LogP contribution in [0.1, 0.15) is 16.2 Å². The maximum absolute atomic E-state index is 12.1. The van der Waals surface area contributed by atoms with Crippen LogP contribution >= 0.6 is 15.9 Å². The van der Waals surface area contributed by atoms with Crippen molar-refractivity contribution < 1.29 is 9.21 Å². The molecule has 0 unspecified atom stereocenters. The number of hydrogen-bond donors (Lipinski definition) is 1. The number of benzene rings is 1. The molecular formula is C14H10BrN3O2. The molecule has 6 heteroatoms. The monoisotopic (exact) mass is 331 g/mol. The molecule has 2 aromatic heterocycles. The standard InChI is InChI=1S/C14H10BrN3O2/c1-8-17-11-5-4-10(12(15)13(11)20-8)18-14(19)9-3-2-6-16-7-9/h2-7H,1H3,(H,18,19). The Balaban J connectivity index is 1.95. The summed E-state index contributed by atoms with van der Waals surface area (Å²) in [7, 11) is 0. The molecule has 3 rings (SSSR count). The lowest BCUT2D eigenvalue weighted by Crippen LogP contribution is -2.12. The van der Waals surface area contributed by atoms with Crippen LogP contribution in [0.15, 0.2) is 45.5 Å². The first-order valence-corrected chi connectivity index (χ1v) is 6.71. The number of rotatable bonds is 2. The van der Waals surface area contributed by atoms with Crippen LogP contribution in [-0.4, -0.2) is 15.9 Å². The summed E-state index contributed by atoms with van der Waals surface area (Å²) < 4.78 is 6.18. The van der Waals surface area contributed by atoms with Crippen LogP contribution < -0.4 is 5.32 Å². The molecule has 0 radical (unpaired) electrons. The van der Waals surface area contributed by atoms with E-state index in [9.17, 15) is 4.79 Å². The lowest BCUT2D eigenvalue weighted by molar-refractivity contribution is 0.102. The first kappa shape index (κ1) is 12.8. The number of aromatic nitrogens is 2. The lowest BCUT2D eigenvalue weighted by atomic mass is 10.2. The number of hydrogen-bond acceptors (Lipinski definition) is 4. The minimum absolute atomic E-state index is 0.227. The van der Waals surface area contributed by atoms with E-state index in [0.717, 1.165) is 5.52 Å². The predicted molar refractivity (Wildman–Crippen MR) is 78.6 cm³/mol. The van der Waals surface area contributed by atoms with Gasteiger partial charge < -0.3 is 9.73 Å². The highest BCUT2D eigenvalue weighted by Gasteiger charge is 2.13. The SMILES string of the molecule is Cc1nc2ccc(NC(=O)c3cccnc3)c(Br)c2o1. The van der Waals surface area contributed by atoms with Gasteiger partial charge in [0.2, 0.25) is 0 Å². The van der Waals surface area contributed by atoms with Crippen LogP contribution in [0.5, 0.6) is 0 Å². The van der Waals surface area contributed by atoms with Gasteiger partial charge in [-0.1, -0.05) is 0 Å². The second-order valence-electron chi connectivity index (χ2n) is 4.20. The highest BCUT2D eigenvalue weighted by Crippen LogP contribution is 2.32. The van der Waals surface area contributed by atoms with Gasteiger partial charge in [0.25, 0.3) is 5.91 Å². The van der Waals surface area contributed by atoms with Crippen molar-refractivity contribution in [2.45, 2.75) is 6.92 Å². The molecule has 1 N–H and O–H groups in total. The van der Waals surface area contributed by atoms with Gasteiger partial charge in [-0.15, -0.1) is 0 Å². The topological polar surface area (TPSA) is 68.0 Å². The van der Waals surface area contributed by atoms with Crippen LogP contribution in [-0.2, 0) is 0 Å². The van der Waals surface area contributed by atoms with Gasteiger partial charge in [-0.25, -0.2) is 4.98 Å². The Morgan fingerprint density at radius 1 is 1.35 bits per heavy atom. The number of amides is 1. The Morgan fingerprint density at radius 2 is 2.20 bits per heavy atom. The molecule has 1 amide bonds. The number of carbonyl (C=O) groups excluding carboxylic acids is 1. The quantitative estimate of drug-likeness (QED) is 0.779.